The summed E-state index contributed by atoms with van der Waals surface area (Å²) in [7, 11) is 0. The molecule has 2 heterocycles. The number of esters is 2. The highest BCUT2D eigenvalue weighted by atomic mass is 17.1. The Balaban J connectivity index is 1.87. The molecule has 3 aliphatic rings. The standard InChI is InChI=1S/C20H24O6/c1-11-8-15-10-14(20(22)24-15)5-7-17(26-23)12(2)4-6-16-13(3)19(21)25-18(16)9-11/h9-10,15-18,23H,2-8H2,1H3/b11-9-/t15-,16-,17-,18+/m1/s1. The average molecular weight is 360 g/mol. The maximum atomic E-state index is 12.0. The first-order chi connectivity index (χ1) is 12.4. The van der Waals surface area contributed by atoms with E-state index >= 15 is 0 Å². The zero-order valence-electron chi connectivity index (χ0n) is 14.9. The number of carbonyl (C=O) groups is 2. The first-order valence-electron chi connectivity index (χ1n) is 8.85. The molecule has 4 atom stereocenters. The van der Waals surface area contributed by atoms with Gasteiger partial charge >= 0.3 is 11.9 Å². The molecule has 1 fully saturated rings. The Bertz CT molecular complexity index is 701. The summed E-state index contributed by atoms with van der Waals surface area (Å²) in [4.78, 5) is 28.5. The summed E-state index contributed by atoms with van der Waals surface area (Å²) >= 11 is 0. The zero-order valence-corrected chi connectivity index (χ0v) is 14.9. The van der Waals surface area contributed by atoms with Crippen LogP contribution >= 0.6 is 0 Å². The maximum Gasteiger partial charge on any atom is 0.334 e. The highest BCUT2D eigenvalue weighted by Gasteiger charge is 2.38. The number of hydrogen-bond acceptors (Lipinski definition) is 6. The summed E-state index contributed by atoms with van der Waals surface area (Å²) in [5.41, 5.74) is 2.74. The van der Waals surface area contributed by atoms with E-state index in [1.807, 2.05) is 19.1 Å². The van der Waals surface area contributed by atoms with E-state index in [4.69, 9.17) is 9.47 Å². The van der Waals surface area contributed by atoms with Crippen molar-refractivity contribution in [3.8, 4) is 0 Å². The zero-order chi connectivity index (χ0) is 18.8. The summed E-state index contributed by atoms with van der Waals surface area (Å²) in [5.74, 6) is -0.865. The monoisotopic (exact) mass is 360 g/mol. The molecule has 0 aromatic heterocycles. The largest absolute Gasteiger partial charge is 0.454 e. The fourth-order valence-corrected chi connectivity index (χ4v) is 3.73. The fourth-order valence-electron chi connectivity index (χ4n) is 3.73. The van der Waals surface area contributed by atoms with Crippen molar-refractivity contribution >= 4 is 11.9 Å². The maximum absolute atomic E-state index is 12.0. The van der Waals surface area contributed by atoms with E-state index in [9.17, 15) is 14.8 Å². The molecule has 1 N–H and O–H groups in total. The lowest BCUT2D eigenvalue weighted by Gasteiger charge is -2.20. The van der Waals surface area contributed by atoms with Crippen LogP contribution in [0, 0.1) is 5.92 Å². The van der Waals surface area contributed by atoms with Crippen LogP contribution in [-0.2, 0) is 24.0 Å². The van der Waals surface area contributed by atoms with Gasteiger partial charge < -0.3 is 9.47 Å². The van der Waals surface area contributed by atoms with Crippen molar-refractivity contribution < 1.29 is 29.2 Å². The third-order valence-corrected chi connectivity index (χ3v) is 5.26. The average Bonchev–Trinajstić information content (AvgIpc) is 3.05. The van der Waals surface area contributed by atoms with E-state index in [0.717, 1.165) is 5.57 Å². The van der Waals surface area contributed by atoms with E-state index < -0.39 is 6.10 Å². The van der Waals surface area contributed by atoms with E-state index in [-0.39, 0.29) is 30.1 Å². The third-order valence-electron chi connectivity index (χ3n) is 5.26. The molecule has 1 aliphatic carbocycles. The lowest BCUT2D eigenvalue weighted by Crippen LogP contribution is -2.18. The van der Waals surface area contributed by atoms with Gasteiger partial charge in [0.05, 0.1) is 0 Å². The molecule has 0 aromatic rings. The minimum atomic E-state index is -0.576. The number of rotatable bonds is 1. The van der Waals surface area contributed by atoms with Crippen LogP contribution in [0.25, 0.3) is 0 Å². The third kappa shape index (κ3) is 3.81. The molecule has 26 heavy (non-hydrogen) atoms. The van der Waals surface area contributed by atoms with Gasteiger partial charge in [-0.05, 0) is 50.3 Å². The van der Waals surface area contributed by atoms with Crippen molar-refractivity contribution in [3.63, 3.8) is 0 Å². The van der Waals surface area contributed by atoms with E-state index in [0.29, 0.717) is 48.8 Å². The van der Waals surface area contributed by atoms with Crippen LogP contribution in [0.4, 0.5) is 0 Å². The molecule has 1 saturated heterocycles. The van der Waals surface area contributed by atoms with Gasteiger partial charge in [0.25, 0.3) is 0 Å². The summed E-state index contributed by atoms with van der Waals surface area (Å²) in [6, 6.07) is 0. The Kier molecular flexibility index (Phi) is 5.44. The normalized spacial score (nSPS) is 35.0. The molecular formula is C20H24O6. The van der Waals surface area contributed by atoms with Crippen LogP contribution in [-0.4, -0.2) is 35.5 Å². The van der Waals surface area contributed by atoms with Crippen LogP contribution < -0.4 is 0 Å². The molecule has 0 radical (unpaired) electrons. The van der Waals surface area contributed by atoms with Crippen molar-refractivity contribution in [2.45, 2.75) is 57.3 Å². The minimum Gasteiger partial charge on any atom is -0.454 e. The van der Waals surface area contributed by atoms with Crippen LogP contribution in [0.2, 0.25) is 0 Å². The highest BCUT2D eigenvalue weighted by Crippen LogP contribution is 2.35. The van der Waals surface area contributed by atoms with Crippen molar-refractivity contribution in [2.75, 3.05) is 0 Å². The van der Waals surface area contributed by atoms with E-state index in [1.54, 1.807) is 0 Å². The van der Waals surface area contributed by atoms with E-state index in [1.165, 1.54) is 0 Å². The molecule has 140 valence electrons. The lowest BCUT2D eigenvalue weighted by molar-refractivity contribution is -0.270. The van der Waals surface area contributed by atoms with Crippen LogP contribution in [0.5, 0.6) is 0 Å². The number of hydrogen-bond donors (Lipinski definition) is 1. The lowest BCUT2D eigenvalue weighted by atomic mass is 9.87. The minimum absolute atomic E-state index is 0.145. The van der Waals surface area contributed by atoms with Crippen LogP contribution in [0.3, 0.4) is 0 Å². The fraction of sp³-hybridized carbons (Fsp3) is 0.500. The summed E-state index contributed by atoms with van der Waals surface area (Å²) in [6.45, 7) is 9.80. The van der Waals surface area contributed by atoms with Gasteiger partial charge in [-0.3, -0.25) is 5.26 Å². The SMILES string of the molecule is C=C1C(=O)O[C@H]2/C=C(/C)C[C@@H]3C=C(CC[C@@H](OO)C(=C)CC[C@H]12)C(=O)O3. The summed E-state index contributed by atoms with van der Waals surface area (Å²) in [6.07, 6.45) is 5.05. The number of fused-ring (bicyclic) bond motifs is 2. The molecule has 0 unspecified atom stereocenters. The van der Waals surface area contributed by atoms with Crippen LogP contribution in [0.1, 0.15) is 39.0 Å². The van der Waals surface area contributed by atoms with Crippen molar-refractivity contribution in [1.82, 2.24) is 0 Å². The summed E-state index contributed by atoms with van der Waals surface area (Å²) < 4.78 is 10.8. The van der Waals surface area contributed by atoms with Crippen molar-refractivity contribution in [3.05, 3.63) is 47.6 Å². The van der Waals surface area contributed by atoms with Crippen molar-refractivity contribution in [2.24, 2.45) is 5.92 Å². The second-order valence-electron chi connectivity index (χ2n) is 7.18. The summed E-state index contributed by atoms with van der Waals surface area (Å²) in [5, 5.41) is 9.22. The quantitative estimate of drug-likeness (QED) is 0.254. The Labute approximate surface area is 152 Å². The Morgan fingerprint density at radius 3 is 2.62 bits per heavy atom. The van der Waals surface area contributed by atoms with Gasteiger partial charge in [0.15, 0.2) is 0 Å². The molecular weight excluding hydrogens is 336 g/mol. The van der Waals surface area contributed by atoms with Gasteiger partial charge in [0.2, 0.25) is 0 Å². The van der Waals surface area contributed by atoms with Gasteiger partial charge in [-0.2, -0.15) is 0 Å². The molecule has 2 bridgehead atoms. The van der Waals surface area contributed by atoms with Crippen molar-refractivity contribution in [1.29, 1.82) is 0 Å². The topological polar surface area (TPSA) is 82.1 Å². The smallest absolute Gasteiger partial charge is 0.334 e. The van der Waals surface area contributed by atoms with Gasteiger partial charge in [-0.25, -0.2) is 14.5 Å². The van der Waals surface area contributed by atoms with E-state index in [2.05, 4.69) is 18.0 Å². The number of ether oxygens (including phenoxy) is 2. The Morgan fingerprint density at radius 2 is 1.88 bits per heavy atom. The Hall–Kier alpha value is -2.18. The van der Waals surface area contributed by atoms with Gasteiger partial charge in [-0.15, -0.1) is 0 Å². The molecule has 0 saturated carbocycles. The molecule has 3 rings (SSSR count). The molecule has 0 aromatic carbocycles. The van der Waals surface area contributed by atoms with Gasteiger partial charge in [0, 0.05) is 23.5 Å². The molecule has 0 amide bonds. The molecule has 6 nitrogen and oxygen atoms in total. The molecule has 2 aliphatic heterocycles. The Morgan fingerprint density at radius 1 is 1.12 bits per heavy atom. The second kappa shape index (κ2) is 7.60. The predicted octanol–water partition coefficient (Wildman–Crippen LogP) is 3.26. The first-order valence-corrected chi connectivity index (χ1v) is 8.85. The highest BCUT2D eigenvalue weighted by molar-refractivity contribution is 5.91. The first kappa shape index (κ1) is 18.6. The molecule has 0 spiro atoms. The van der Waals surface area contributed by atoms with Gasteiger partial charge in [0.1, 0.15) is 18.3 Å². The number of carbonyl (C=O) groups excluding carboxylic acids is 2. The predicted molar refractivity (Wildman–Crippen MR) is 94.0 cm³/mol. The second-order valence-corrected chi connectivity index (χ2v) is 7.18. The van der Waals surface area contributed by atoms with Gasteiger partial charge in [-0.1, -0.05) is 18.7 Å². The molecule has 6 heteroatoms. The van der Waals surface area contributed by atoms with Crippen LogP contribution in [0.15, 0.2) is 47.6 Å².